The quantitative estimate of drug-likeness (QED) is 0.867. The first-order valence-corrected chi connectivity index (χ1v) is 9.46. The summed E-state index contributed by atoms with van der Waals surface area (Å²) in [5, 5.41) is 2.58. The minimum atomic E-state index is -3.36. The van der Waals surface area contributed by atoms with E-state index in [2.05, 4.69) is 15.0 Å². The molecule has 0 saturated carbocycles. The number of hydrogen-bond acceptors (Lipinski definition) is 5. The van der Waals surface area contributed by atoms with E-state index in [9.17, 15) is 13.2 Å². The normalized spacial score (nSPS) is 11.7. The molecule has 2 rings (SSSR count). The van der Waals surface area contributed by atoms with Gasteiger partial charge in [-0.2, -0.15) is 0 Å². The van der Waals surface area contributed by atoms with Crippen molar-refractivity contribution in [2.24, 2.45) is 0 Å². The molecule has 0 atom stereocenters. The highest BCUT2D eigenvalue weighted by atomic mass is 32.2. The van der Waals surface area contributed by atoms with Crippen LogP contribution in [0.15, 0.2) is 42.5 Å². The van der Waals surface area contributed by atoms with Gasteiger partial charge in [-0.3, -0.25) is 10.0 Å². The number of hydrogen-bond donors (Lipinski definition) is 2. The fourth-order valence-electron chi connectivity index (χ4n) is 2.03. The Hall–Kier alpha value is -2.61. The molecule has 0 radical (unpaired) electrons. The van der Waals surface area contributed by atoms with Gasteiger partial charge < -0.3 is 4.74 Å². The monoisotopic (exact) mass is 363 g/mol. The molecular weight excluding hydrogens is 342 g/mol. The van der Waals surface area contributed by atoms with E-state index in [4.69, 9.17) is 4.74 Å². The van der Waals surface area contributed by atoms with Crippen molar-refractivity contribution in [1.29, 1.82) is 0 Å². The summed E-state index contributed by atoms with van der Waals surface area (Å²) >= 11 is 0. The zero-order valence-corrected chi connectivity index (χ0v) is 15.3. The predicted molar refractivity (Wildman–Crippen MR) is 98.0 cm³/mol. The third-order valence-electron chi connectivity index (χ3n) is 2.84. The van der Waals surface area contributed by atoms with Crippen molar-refractivity contribution < 1.29 is 17.9 Å². The molecule has 1 heterocycles. The maximum atomic E-state index is 11.8. The number of amides is 1. The Balaban J connectivity index is 2.21. The number of rotatable bonds is 4. The first kappa shape index (κ1) is 18.7. The number of benzene rings is 1. The average molecular weight is 363 g/mol. The Kier molecular flexibility index (Phi) is 5.32. The Morgan fingerprint density at radius 1 is 1.12 bits per heavy atom. The first-order chi connectivity index (χ1) is 11.5. The van der Waals surface area contributed by atoms with Crippen LogP contribution in [0.1, 0.15) is 20.8 Å². The second kappa shape index (κ2) is 7.10. The molecule has 2 N–H and O–H groups in total. The fraction of sp³-hybridized carbons (Fsp3) is 0.294. The summed E-state index contributed by atoms with van der Waals surface area (Å²) in [6.45, 7) is 5.32. The minimum Gasteiger partial charge on any atom is -0.444 e. The van der Waals surface area contributed by atoms with Crippen LogP contribution in [0.4, 0.5) is 16.3 Å². The highest BCUT2D eigenvalue weighted by Crippen LogP contribution is 2.23. The van der Waals surface area contributed by atoms with Gasteiger partial charge in [0.15, 0.2) is 0 Å². The highest BCUT2D eigenvalue weighted by Gasteiger charge is 2.16. The number of ether oxygens (including phenoxy) is 1. The molecule has 0 aliphatic heterocycles. The predicted octanol–water partition coefficient (Wildman–Crippen LogP) is 3.47. The van der Waals surface area contributed by atoms with Gasteiger partial charge in [0, 0.05) is 11.3 Å². The third kappa shape index (κ3) is 6.42. The molecule has 25 heavy (non-hydrogen) atoms. The summed E-state index contributed by atoms with van der Waals surface area (Å²) in [5.74, 6) is 0.341. The molecule has 0 spiro atoms. The Bertz CT molecular complexity index is 873. The lowest BCUT2D eigenvalue weighted by Gasteiger charge is -2.19. The highest BCUT2D eigenvalue weighted by molar-refractivity contribution is 7.92. The minimum absolute atomic E-state index is 0.341. The van der Waals surface area contributed by atoms with Crippen molar-refractivity contribution in [1.82, 2.24) is 4.98 Å². The summed E-state index contributed by atoms with van der Waals surface area (Å²) in [5.41, 5.74) is 1.13. The summed E-state index contributed by atoms with van der Waals surface area (Å²) in [6.07, 6.45) is 0.494. The van der Waals surface area contributed by atoms with E-state index in [-0.39, 0.29) is 0 Å². The summed E-state index contributed by atoms with van der Waals surface area (Å²) in [4.78, 5) is 16.2. The van der Waals surface area contributed by atoms with E-state index < -0.39 is 21.7 Å². The van der Waals surface area contributed by atoms with Crippen LogP contribution in [0, 0.1) is 0 Å². The van der Waals surface area contributed by atoms with Crippen LogP contribution >= 0.6 is 0 Å². The van der Waals surface area contributed by atoms with Crippen LogP contribution in [-0.4, -0.2) is 31.4 Å². The molecule has 7 nitrogen and oxygen atoms in total. The zero-order chi connectivity index (χ0) is 18.7. The zero-order valence-electron chi connectivity index (χ0n) is 14.5. The summed E-state index contributed by atoms with van der Waals surface area (Å²) in [6, 6.07) is 12.0. The van der Waals surface area contributed by atoms with Gasteiger partial charge in [0.2, 0.25) is 10.0 Å². The standard InChI is InChI=1S/C17H21N3O4S/c1-17(2,3)24-16(21)19-15-10-6-9-14(18-15)12-7-5-8-13(11-12)20-25(4,22)23/h5-11,20H,1-4H3,(H,18,19,21). The number of nitrogens with zero attached hydrogens (tertiary/aromatic N) is 1. The Morgan fingerprint density at radius 3 is 2.44 bits per heavy atom. The smallest absolute Gasteiger partial charge is 0.413 e. The van der Waals surface area contributed by atoms with Crippen molar-refractivity contribution in [3.8, 4) is 11.3 Å². The van der Waals surface area contributed by atoms with Crippen LogP contribution in [0.25, 0.3) is 11.3 Å². The van der Waals surface area contributed by atoms with Crippen molar-refractivity contribution >= 4 is 27.6 Å². The van der Waals surface area contributed by atoms with Gasteiger partial charge in [-0.1, -0.05) is 18.2 Å². The number of anilines is 2. The molecule has 0 aliphatic rings. The topological polar surface area (TPSA) is 97.4 Å². The van der Waals surface area contributed by atoms with Crippen LogP contribution in [0.5, 0.6) is 0 Å². The van der Waals surface area contributed by atoms with Crippen LogP contribution in [0.2, 0.25) is 0 Å². The van der Waals surface area contributed by atoms with Crippen molar-refractivity contribution in [3.05, 3.63) is 42.5 Å². The van der Waals surface area contributed by atoms with Gasteiger partial charge in [-0.25, -0.2) is 18.2 Å². The average Bonchev–Trinajstić information content (AvgIpc) is 2.44. The summed E-state index contributed by atoms with van der Waals surface area (Å²) < 4.78 is 30.3. The first-order valence-electron chi connectivity index (χ1n) is 7.57. The SMILES string of the molecule is CC(C)(C)OC(=O)Nc1cccc(-c2cccc(NS(C)(=O)=O)c2)n1. The van der Waals surface area contributed by atoms with E-state index >= 15 is 0 Å². The number of sulfonamides is 1. The molecular formula is C17H21N3O4S. The van der Waals surface area contributed by atoms with E-state index in [0.717, 1.165) is 6.26 Å². The number of aromatic nitrogens is 1. The second-order valence-electron chi connectivity index (χ2n) is 6.49. The molecule has 0 unspecified atom stereocenters. The lowest BCUT2D eigenvalue weighted by molar-refractivity contribution is 0.0635. The molecule has 1 amide bonds. The maximum absolute atomic E-state index is 11.8. The van der Waals surface area contributed by atoms with Crippen molar-refractivity contribution in [2.75, 3.05) is 16.3 Å². The molecule has 0 fully saturated rings. The molecule has 2 aromatic rings. The van der Waals surface area contributed by atoms with Gasteiger partial charge in [0.05, 0.1) is 11.9 Å². The van der Waals surface area contributed by atoms with Gasteiger partial charge in [-0.15, -0.1) is 0 Å². The van der Waals surface area contributed by atoms with E-state index in [1.54, 1.807) is 63.2 Å². The molecule has 0 aliphatic carbocycles. The van der Waals surface area contributed by atoms with Gasteiger partial charge in [-0.05, 0) is 45.0 Å². The number of pyridine rings is 1. The van der Waals surface area contributed by atoms with Gasteiger partial charge in [0.1, 0.15) is 11.4 Å². The van der Waals surface area contributed by atoms with E-state index in [1.165, 1.54) is 0 Å². The molecule has 0 bridgehead atoms. The Labute approximate surface area is 147 Å². The number of carbonyl (C=O) groups is 1. The fourth-order valence-corrected chi connectivity index (χ4v) is 2.58. The lowest BCUT2D eigenvalue weighted by Crippen LogP contribution is -2.27. The van der Waals surface area contributed by atoms with E-state index in [0.29, 0.717) is 22.8 Å². The molecule has 0 saturated heterocycles. The molecule has 8 heteroatoms. The molecule has 134 valence electrons. The van der Waals surface area contributed by atoms with Crippen molar-refractivity contribution in [3.63, 3.8) is 0 Å². The molecule has 1 aromatic heterocycles. The largest absolute Gasteiger partial charge is 0.444 e. The Morgan fingerprint density at radius 2 is 1.80 bits per heavy atom. The van der Waals surface area contributed by atoms with Gasteiger partial charge >= 0.3 is 6.09 Å². The molecule has 1 aromatic carbocycles. The van der Waals surface area contributed by atoms with Crippen molar-refractivity contribution in [2.45, 2.75) is 26.4 Å². The third-order valence-corrected chi connectivity index (χ3v) is 3.45. The number of carbonyl (C=O) groups excluding carboxylic acids is 1. The summed E-state index contributed by atoms with van der Waals surface area (Å²) in [7, 11) is -3.36. The lowest BCUT2D eigenvalue weighted by atomic mass is 10.1. The van der Waals surface area contributed by atoms with Crippen LogP contribution in [-0.2, 0) is 14.8 Å². The van der Waals surface area contributed by atoms with Gasteiger partial charge in [0.25, 0.3) is 0 Å². The van der Waals surface area contributed by atoms with Crippen LogP contribution < -0.4 is 10.0 Å². The second-order valence-corrected chi connectivity index (χ2v) is 8.24. The van der Waals surface area contributed by atoms with E-state index in [1.807, 2.05) is 0 Å². The maximum Gasteiger partial charge on any atom is 0.413 e. The number of nitrogens with one attached hydrogen (secondary N) is 2. The van der Waals surface area contributed by atoms with Crippen LogP contribution in [0.3, 0.4) is 0 Å².